The molecule has 7 nitrogen and oxygen atoms in total. The van der Waals surface area contributed by atoms with Crippen molar-refractivity contribution in [2.75, 3.05) is 24.2 Å². The van der Waals surface area contributed by atoms with E-state index in [4.69, 9.17) is 5.73 Å². The molecule has 94 valence electrons. The van der Waals surface area contributed by atoms with Crippen LogP contribution < -0.4 is 10.6 Å². The van der Waals surface area contributed by atoms with Crippen molar-refractivity contribution in [3.63, 3.8) is 0 Å². The summed E-state index contributed by atoms with van der Waals surface area (Å²) in [6.45, 7) is 3.07. The number of hydrogen-bond donors (Lipinski definition) is 1. The van der Waals surface area contributed by atoms with E-state index in [1.807, 2.05) is 31.3 Å². The number of hydrogen-bond acceptors (Lipinski definition) is 6. The van der Waals surface area contributed by atoms with Crippen molar-refractivity contribution in [3.05, 3.63) is 29.8 Å². The first-order valence-corrected chi connectivity index (χ1v) is 5.60. The lowest BCUT2D eigenvalue weighted by atomic mass is 10.2. The van der Waals surface area contributed by atoms with Crippen molar-refractivity contribution < 1.29 is 0 Å². The zero-order valence-electron chi connectivity index (χ0n) is 10.4. The Kier molecular flexibility index (Phi) is 3.52. The molecule has 2 rings (SSSR count). The first kappa shape index (κ1) is 12.0. The van der Waals surface area contributed by atoms with Crippen LogP contribution in [0.4, 0.5) is 11.6 Å². The van der Waals surface area contributed by atoms with Gasteiger partial charge in [0.25, 0.3) is 5.95 Å². The van der Waals surface area contributed by atoms with E-state index in [0.717, 1.165) is 17.8 Å². The van der Waals surface area contributed by atoms with Crippen LogP contribution in [-0.2, 0) is 0 Å². The van der Waals surface area contributed by atoms with Crippen LogP contribution in [-0.4, -0.2) is 40.1 Å². The van der Waals surface area contributed by atoms with Crippen molar-refractivity contribution in [2.24, 2.45) is 5.10 Å². The predicted octanol–water partition coefficient (Wildman–Crippen LogP) is 0.594. The quantitative estimate of drug-likeness (QED) is 0.797. The lowest BCUT2D eigenvalue weighted by molar-refractivity contribution is 0.699. The molecule has 0 aliphatic heterocycles. The van der Waals surface area contributed by atoms with Crippen LogP contribution in [0.1, 0.15) is 12.5 Å². The minimum Gasteiger partial charge on any atom is -0.375 e. The van der Waals surface area contributed by atoms with Crippen molar-refractivity contribution >= 4 is 17.9 Å². The molecule has 18 heavy (non-hydrogen) atoms. The van der Waals surface area contributed by atoms with Crippen LogP contribution in [0.5, 0.6) is 0 Å². The molecule has 0 fully saturated rings. The maximum atomic E-state index is 5.49. The van der Waals surface area contributed by atoms with Gasteiger partial charge in [-0.25, -0.2) is 0 Å². The monoisotopic (exact) mass is 245 g/mol. The number of anilines is 2. The molecule has 0 spiro atoms. The summed E-state index contributed by atoms with van der Waals surface area (Å²) in [7, 11) is 2.05. The van der Waals surface area contributed by atoms with Gasteiger partial charge in [0.2, 0.25) is 0 Å². The standard InChI is InChI=1S/C11H15N7/c1-3-17(2)10-6-4-9(5-7-10)8-13-18-11(12)14-15-16-18/h4-8H,3H2,1-2H3,(H2,12,14,16). The Morgan fingerprint density at radius 3 is 2.67 bits per heavy atom. The van der Waals surface area contributed by atoms with Crippen LogP contribution in [0.3, 0.4) is 0 Å². The fraction of sp³-hybridized carbons (Fsp3) is 0.273. The van der Waals surface area contributed by atoms with Gasteiger partial charge in [-0.3, -0.25) is 0 Å². The highest BCUT2D eigenvalue weighted by Crippen LogP contribution is 2.12. The van der Waals surface area contributed by atoms with E-state index < -0.39 is 0 Å². The summed E-state index contributed by atoms with van der Waals surface area (Å²) in [5.41, 5.74) is 7.61. The minimum atomic E-state index is 0.161. The molecule has 0 saturated heterocycles. The lowest BCUT2D eigenvalue weighted by Crippen LogP contribution is -2.15. The third-order valence-electron chi connectivity index (χ3n) is 2.60. The third kappa shape index (κ3) is 2.62. The summed E-state index contributed by atoms with van der Waals surface area (Å²) >= 11 is 0. The smallest absolute Gasteiger partial charge is 0.263 e. The zero-order chi connectivity index (χ0) is 13.0. The van der Waals surface area contributed by atoms with Gasteiger partial charge in [-0.15, -0.1) is 0 Å². The maximum absolute atomic E-state index is 5.49. The van der Waals surface area contributed by atoms with E-state index in [-0.39, 0.29) is 5.95 Å². The predicted molar refractivity (Wildman–Crippen MR) is 70.6 cm³/mol. The number of nitrogen functional groups attached to an aromatic ring is 1. The van der Waals surface area contributed by atoms with Gasteiger partial charge < -0.3 is 10.6 Å². The molecule has 0 atom stereocenters. The summed E-state index contributed by atoms with van der Waals surface area (Å²) in [6, 6.07) is 8.03. The second-order valence-corrected chi connectivity index (χ2v) is 3.78. The molecule has 2 N–H and O–H groups in total. The molecular formula is C11H15N7. The average Bonchev–Trinajstić information content (AvgIpc) is 2.81. The first-order valence-electron chi connectivity index (χ1n) is 5.60. The molecule has 0 radical (unpaired) electrons. The lowest BCUT2D eigenvalue weighted by Gasteiger charge is -2.16. The Morgan fingerprint density at radius 1 is 1.39 bits per heavy atom. The fourth-order valence-corrected chi connectivity index (χ4v) is 1.39. The molecule has 1 aromatic carbocycles. The Hall–Kier alpha value is -2.44. The number of nitrogens with two attached hydrogens (primary N) is 1. The van der Waals surface area contributed by atoms with E-state index in [1.54, 1.807) is 6.21 Å². The SMILES string of the molecule is CCN(C)c1ccc(C=Nn2nnnc2N)cc1. The summed E-state index contributed by atoms with van der Waals surface area (Å²) in [5.74, 6) is 0.161. The van der Waals surface area contributed by atoms with E-state index in [9.17, 15) is 0 Å². The van der Waals surface area contributed by atoms with Gasteiger partial charge >= 0.3 is 0 Å². The number of tetrazole rings is 1. The first-order chi connectivity index (χ1) is 8.70. The third-order valence-corrected chi connectivity index (χ3v) is 2.60. The van der Waals surface area contributed by atoms with Crippen molar-refractivity contribution in [1.29, 1.82) is 0 Å². The van der Waals surface area contributed by atoms with E-state index >= 15 is 0 Å². The second-order valence-electron chi connectivity index (χ2n) is 3.78. The number of aromatic nitrogens is 4. The highest BCUT2D eigenvalue weighted by molar-refractivity contribution is 5.80. The van der Waals surface area contributed by atoms with Gasteiger partial charge in [0.15, 0.2) is 0 Å². The topological polar surface area (TPSA) is 85.2 Å². The van der Waals surface area contributed by atoms with Crippen LogP contribution >= 0.6 is 0 Å². The summed E-state index contributed by atoms with van der Waals surface area (Å²) < 4.78 is 0. The summed E-state index contributed by atoms with van der Waals surface area (Å²) in [5, 5.41) is 14.6. The molecule has 0 bridgehead atoms. The minimum absolute atomic E-state index is 0.161. The molecule has 0 aliphatic carbocycles. The molecule has 1 heterocycles. The Morgan fingerprint density at radius 2 is 2.11 bits per heavy atom. The van der Waals surface area contributed by atoms with Gasteiger partial charge in [0.1, 0.15) is 0 Å². The molecule has 0 aliphatic rings. The average molecular weight is 245 g/mol. The Balaban J connectivity index is 2.11. The van der Waals surface area contributed by atoms with Gasteiger partial charge in [-0.1, -0.05) is 22.0 Å². The van der Waals surface area contributed by atoms with Crippen molar-refractivity contribution in [2.45, 2.75) is 6.92 Å². The number of rotatable bonds is 4. The molecule has 0 unspecified atom stereocenters. The summed E-state index contributed by atoms with van der Waals surface area (Å²) in [6.07, 6.45) is 1.66. The Bertz CT molecular complexity index is 529. The molecule has 7 heteroatoms. The largest absolute Gasteiger partial charge is 0.375 e. The molecule has 1 aromatic heterocycles. The molecular weight excluding hydrogens is 230 g/mol. The van der Waals surface area contributed by atoms with Crippen molar-refractivity contribution in [1.82, 2.24) is 20.3 Å². The van der Waals surface area contributed by atoms with E-state index in [0.29, 0.717) is 0 Å². The van der Waals surface area contributed by atoms with E-state index in [1.165, 1.54) is 4.79 Å². The van der Waals surface area contributed by atoms with Crippen molar-refractivity contribution in [3.8, 4) is 0 Å². The van der Waals surface area contributed by atoms with Gasteiger partial charge in [-0.2, -0.15) is 5.10 Å². The van der Waals surface area contributed by atoms with Crippen LogP contribution in [0.2, 0.25) is 0 Å². The highest BCUT2D eigenvalue weighted by atomic mass is 15.7. The van der Waals surface area contributed by atoms with Crippen LogP contribution in [0.15, 0.2) is 29.4 Å². The Labute approximate surface area is 105 Å². The second kappa shape index (κ2) is 5.26. The summed E-state index contributed by atoms with van der Waals surface area (Å²) in [4.78, 5) is 3.33. The number of nitrogens with zero attached hydrogens (tertiary/aromatic N) is 6. The van der Waals surface area contributed by atoms with Gasteiger partial charge in [0, 0.05) is 19.3 Å². The molecule has 2 aromatic rings. The molecule has 0 saturated carbocycles. The zero-order valence-corrected chi connectivity index (χ0v) is 10.4. The molecule has 0 amide bonds. The normalized spacial score (nSPS) is 11.0. The number of benzene rings is 1. The van der Waals surface area contributed by atoms with E-state index in [2.05, 4.69) is 32.5 Å². The maximum Gasteiger partial charge on any atom is 0.263 e. The fourth-order valence-electron chi connectivity index (χ4n) is 1.39. The van der Waals surface area contributed by atoms with Crippen LogP contribution in [0.25, 0.3) is 0 Å². The van der Waals surface area contributed by atoms with Gasteiger partial charge in [-0.05, 0) is 35.0 Å². The van der Waals surface area contributed by atoms with Crippen LogP contribution in [0, 0.1) is 0 Å². The highest BCUT2D eigenvalue weighted by Gasteiger charge is 1.98. The van der Waals surface area contributed by atoms with Gasteiger partial charge in [0.05, 0.1) is 6.21 Å².